The molecular weight excluding hydrogens is 270 g/mol. The summed E-state index contributed by atoms with van der Waals surface area (Å²) >= 11 is 7.49. The van der Waals surface area contributed by atoms with Crippen molar-refractivity contribution in [1.29, 1.82) is 0 Å². The van der Waals surface area contributed by atoms with Crippen molar-refractivity contribution in [3.63, 3.8) is 0 Å². The molecule has 2 aromatic rings. The van der Waals surface area contributed by atoms with Crippen molar-refractivity contribution in [2.24, 2.45) is 0 Å². The summed E-state index contributed by atoms with van der Waals surface area (Å²) in [6, 6.07) is 7.59. The van der Waals surface area contributed by atoms with Crippen molar-refractivity contribution in [2.75, 3.05) is 0 Å². The molecule has 5 heteroatoms. The predicted octanol–water partition coefficient (Wildman–Crippen LogP) is 3.79. The van der Waals surface area contributed by atoms with E-state index in [4.69, 9.17) is 16.7 Å². The molecule has 0 bridgehead atoms. The van der Waals surface area contributed by atoms with Crippen LogP contribution in [0.3, 0.4) is 0 Å². The molecule has 0 saturated carbocycles. The van der Waals surface area contributed by atoms with Crippen LogP contribution in [0.5, 0.6) is 0 Å². The number of rotatable bonds is 4. The van der Waals surface area contributed by atoms with Crippen LogP contribution in [0.4, 0.5) is 0 Å². The van der Waals surface area contributed by atoms with Gasteiger partial charge in [-0.05, 0) is 24.6 Å². The number of hydrogen-bond acceptors (Lipinski definition) is 3. The van der Waals surface area contributed by atoms with Gasteiger partial charge in [-0.25, -0.2) is 4.98 Å². The van der Waals surface area contributed by atoms with Crippen LogP contribution in [0, 0.1) is 6.92 Å². The third-order valence-electron chi connectivity index (χ3n) is 2.48. The van der Waals surface area contributed by atoms with Crippen LogP contribution < -0.4 is 0 Å². The Labute approximate surface area is 114 Å². The summed E-state index contributed by atoms with van der Waals surface area (Å²) in [5.41, 5.74) is 1.95. The van der Waals surface area contributed by atoms with E-state index in [1.54, 1.807) is 0 Å². The Bertz CT molecular complexity index is 580. The summed E-state index contributed by atoms with van der Waals surface area (Å²) in [6.45, 7) is 1.93. The van der Waals surface area contributed by atoms with E-state index < -0.39 is 5.97 Å². The number of hydrogen-bond donors (Lipinski definition) is 1. The van der Waals surface area contributed by atoms with Gasteiger partial charge in [0.15, 0.2) is 0 Å². The van der Waals surface area contributed by atoms with Gasteiger partial charge in [-0.15, -0.1) is 11.3 Å². The van der Waals surface area contributed by atoms with E-state index in [0.717, 1.165) is 21.1 Å². The van der Waals surface area contributed by atoms with Gasteiger partial charge in [0.1, 0.15) is 0 Å². The minimum atomic E-state index is -0.799. The van der Waals surface area contributed by atoms with Crippen molar-refractivity contribution >= 4 is 28.9 Å². The maximum absolute atomic E-state index is 10.5. The van der Waals surface area contributed by atoms with Gasteiger partial charge in [0, 0.05) is 11.4 Å². The third-order valence-corrected chi connectivity index (χ3v) is 3.98. The van der Waals surface area contributed by atoms with Crippen LogP contribution in [0.2, 0.25) is 5.02 Å². The SMILES string of the molecule is Cc1nc(CCC(=O)O)sc1-c1cccc(Cl)c1. The second kappa shape index (κ2) is 5.50. The minimum Gasteiger partial charge on any atom is -0.481 e. The first-order chi connectivity index (χ1) is 8.56. The number of aryl methyl sites for hydroxylation is 2. The smallest absolute Gasteiger partial charge is 0.303 e. The fourth-order valence-electron chi connectivity index (χ4n) is 1.67. The predicted molar refractivity (Wildman–Crippen MR) is 73.3 cm³/mol. The number of benzene rings is 1. The molecule has 3 nitrogen and oxygen atoms in total. The summed E-state index contributed by atoms with van der Waals surface area (Å²) in [6.07, 6.45) is 0.587. The maximum atomic E-state index is 10.5. The molecule has 0 saturated heterocycles. The number of thiazole rings is 1. The molecule has 94 valence electrons. The van der Waals surface area contributed by atoms with Crippen molar-refractivity contribution in [3.8, 4) is 10.4 Å². The third kappa shape index (κ3) is 3.09. The van der Waals surface area contributed by atoms with E-state index in [0.29, 0.717) is 11.4 Å². The zero-order valence-corrected chi connectivity index (χ0v) is 11.4. The van der Waals surface area contributed by atoms with E-state index in [1.807, 2.05) is 31.2 Å². The van der Waals surface area contributed by atoms with Gasteiger partial charge >= 0.3 is 5.97 Å². The maximum Gasteiger partial charge on any atom is 0.303 e. The molecule has 1 N–H and O–H groups in total. The Morgan fingerprint density at radius 1 is 1.50 bits per heavy atom. The standard InChI is InChI=1S/C13H12ClNO2S/c1-8-13(9-3-2-4-10(14)7-9)18-11(15-8)5-6-12(16)17/h2-4,7H,5-6H2,1H3,(H,16,17). The fourth-order valence-corrected chi connectivity index (χ4v) is 2.92. The largest absolute Gasteiger partial charge is 0.481 e. The lowest BCUT2D eigenvalue weighted by Crippen LogP contribution is -1.96. The van der Waals surface area contributed by atoms with E-state index in [1.165, 1.54) is 11.3 Å². The lowest BCUT2D eigenvalue weighted by Gasteiger charge is -1.98. The topological polar surface area (TPSA) is 50.2 Å². The first-order valence-electron chi connectivity index (χ1n) is 5.50. The Hall–Kier alpha value is -1.39. The van der Waals surface area contributed by atoms with Crippen molar-refractivity contribution in [2.45, 2.75) is 19.8 Å². The van der Waals surface area contributed by atoms with Crippen molar-refractivity contribution in [1.82, 2.24) is 4.98 Å². The number of carbonyl (C=O) groups is 1. The molecule has 0 atom stereocenters. The lowest BCUT2D eigenvalue weighted by molar-refractivity contribution is -0.136. The summed E-state index contributed by atoms with van der Waals surface area (Å²) < 4.78 is 0. The van der Waals surface area contributed by atoms with Gasteiger partial charge in [0.05, 0.1) is 22.0 Å². The van der Waals surface area contributed by atoms with Gasteiger partial charge < -0.3 is 5.11 Å². The number of nitrogens with zero attached hydrogens (tertiary/aromatic N) is 1. The molecule has 1 aromatic carbocycles. The first kappa shape index (κ1) is 13.1. The molecular formula is C13H12ClNO2S. The van der Waals surface area contributed by atoms with Crippen LogP contribution in [-0.4, -0.2) is 16.1 Å². The summed E-state index contributed by atoms with van der Waals surface area (Å²) in [4.78, 5) is 16.0. The quantitative estimate of drug-likeness (QED) is 0.927. The minimum absolute atomic E-state index is 0.113. The van der Waals surface area contributed by atoms with Gasteiger partial charge in [-0.3, -0.25) is 4.79 Å². The molecule has 1 aromatic heterocycles. The first-order valence-corrected chi connectivity index (χ1v) is 6.70. The Kier molecular flexibility index (Phi) is 3.99. The second-order valence-electron chi connectivity index (χ2n) is 3.93. The van der Waals surface area contributed by atoms with Crippen molar-refractivity contribution < 1.29 is 9.90 Å². The van der Waals surface area contributed by atoms with Gasteiger partial charge in [-0.2, -0.15) is 0 Å². The Balaban J connectivity index is 2.26. The number of carboxylic acid groups (broad SMARTS) is 1. The monoisotopic (exact) mass is 281 g/mol. The molecule has 0 radical (unpaired) electrons. The Morgan fingerprint density at radius 3 is 2.94 bits per heavy atom. The molecule has 0 fully saturated rings. The zero-order chi connectivity index (χ0) is 13.1. The van der Waals surface area contributed by atoms with E-state index in [-0.39, 0.29) is 6.42 Å². The van der Waals surface area contributed by atoms with Crippen LogP contribution in [0.15, 0.2) is 24.3 Å². The van der Waals surface area contributed by atoms with E-state index in [9.17, 15) is 4.79 Å². The molecule has 2 rings (SSSR count). The van der Waals surface area contributed by atoms with Crippen LogP contribution in [-0.2, 0) is 11.2 Å². The molecule has 18 heavy (non-hydrogen) atoms. The second-order valence-corrected chi connectivity index (χ2v) is 5.45. The molecule has 0 aliphatic rings. The highest BCUT2D eigenvalue weighted by atomic mass is 35.5. The van der Waals surface area contributed by atoms with Gasteiger partial charge in [0.25, 0.3) is 0 Å². The zero-order valence-electron chi connectivity index (χ0n) is 9.81. The summed E-state index contributed by atoms with van der Waals surface area (Å²) in [5.74, 6) is -0.799. The molecule has 0 aliphatic carbocycles. The molecule has 0 amide bonds. The highest BCUT2D eigenvalue weighted by Gasteiger charge is 2.11. The average Bonchev–Trinajstić information content (AvgIpc) is 2.68. The number of halogens is 1. The summed E-state index contributed by atoms with van der Waals surface area (Å²) in [5, 5.41) is 10.2. The Morgan fingerprint density at radius 2 is 2.28 bits per heavy atom. The van der Waals surface area contributed by atoms with Crippen LogP contribution in [0.25, 0.3) is 10.4 Å². The molecule has 0 aliphatic heterocycles. The van der Waals surface area contributed by atoms with E-state index >= 15 is 0 Å². The summed E-state index contributed by atoms with van der Waals surface area (Å²) in [7, 11) is 0. The normalized spacial score (nSPS) is 10.6. The number of aliphatic carboxylic acids is 1. The average molecular weight is 282 g/mol. The fraction of sp³-hybridized carbons (Fsp3) is 0.231. The van der Waals surface area contributed by atoms with Crippen molar-refractivity contribution in [3.05, 3.63) is 40.0 Å². The molecule has 0 spiro atoms. The highest BCUT2D eigenvalue weighted by Crippen LogP contribution is 2.31. The number of carboxylic acids is 1. The van der Waals surface area contributed by atoms with Crippen LogP contribution in [0.1, 0.15) is 17.1 Å². The van der Waals surface area contributed by atoms with Gasteiger partial charge in [-0.1, -0.05) is 23.7 Å². The van der Waals surface area contributed by atoms with E-state index in [2.05, 4.69) is 4.98 Å². The van der Waals surface area contributed by atoms with Gasteiger partial charge in [0.2, 0.25) is 0 Å². The molecule has 0 unspecified atom stereocenters. The molecule has 1 heterocycles. The van der Waals surface area contributed by atoms with Crippen LogP contribution >= 0.6 is 22.9 Å². The number of aromatic nitrogens is 1. The highest BCUT2D eigenvalue weighted by molar-refractivity contribution is 7.15. The lowest BCUT2D eigenvalue weighted by atomic mass is 10.2.